The average molecular weight is 411 g/mol. The molecule has 4 aromatic rings. The molecule has 0 heterocycles. The minimum absolute atomic E-state index is 0.501. The highest BCUT2D eigenvalue weighted by Gasteiger charge is 2.32. The second kappa shape index (κ2) is 8.44. The lowest BCUT2D eigenvalue weighted by atomic mass is 9.76. The number of rotatable bonds is 6. The Morgan fingerprint density at radius 2 is 0.903 bits per heavy atom. The molecule has 0 bridgehead atoms. The van der Waals surface area contributed by atoms with Gasteiger partial charge in [0.15, 0.2) is 11.5 Å². The van der Waals surface area contributed by atoms with Crippen LogP contribution in [0.15, 0.2) is 97.1 Å². The van der Waals surface area contributed by atoms with Crippen LogP contribution in [0.2, 0.25) is 0 Å². The minimum atomic E-state index is -0.501. The molecular formula is C27H26N2O2. The zero-order valence-corrected chi connectivity index (χ0v) is 17.7. The molecule has 0 aromatic heterocycles. The highest BCUT2D eigenvalue weighted by molar-refractivity contribution is 5.66. The van der Waals surface area contributed by atoms with E-state index in [4.69, 9.17) is 20.9 Å². The number of anilines is 2. The van der Waals surface area contributed by atoms with E-state index in [9.17, 15) is 0 Å². The zero-order chi connectivity index (χ0) is 21.8. The summed E-state index contributed by atoms with van der Waals surface area (Å²) in [6.45, 7) is 4.23. The monoisotopic (exact) mass is 410 g/mol. The van der Waals surface area contributed by atoms with Gasteiger partial charge in [0.1, 0.15) is 11.5 Å². The fourth-order valence-electron chi connectivity index (χ4n) is 3.68. The Balaban J connectivity index is 1.81. The molecule has 0 saturated carbocycles. The van der Waals surface area contributed by atoms with E-state index >= 15 is 0 Å². The Morgan fingerprint density at radius 1 is 0.516 bits per heavy atom. The fourth-order valence-corrected chi connectivity index (χ4v) is 3.68. The molecule has 0 aliphatic carbocycles. The highest BCUT2D eigenvalue weighted by atomic mass is 16.5. The Bertz CT molecular complexity index is 1080. The lowest BCUT2D eigenvalue weighted by Crippen LogP contribution is -2.21. The first-order chi connectivity index (χ1) is 15.0. The van der Waals surface area contributed by atoms with Crippen molar-refractivity contribution in [1.82, 2.24) is 0 Å². The van der Waals surface area contributed by atoms with Crippen molar-refractivity contribution in [2.45, 2.75) is 19.3 Å². The number of para-hydroxylation sites is 4. The van der Waals surface area contributed by atoms with Crippen molar-refractivity contribution in [2.24, 2.45) is 0 Å². The topological polar surface area (TPSA) is 70.5 Å². The van der Waals surface area contributed by atoms with Crippen LogP contribution >= 0.6 is 0 Å². The highest BCUT2D eigenvalue weighted by Crippen LogP contribution is 2.46. The minimum Gasteiger partial charge on any atom is -0.455 e. The van der Waals surface area contributed by atoms with E-state index in [1.54, 1.807) is 0 Å². The van der Waals surface area contributed by atoms with Crippen LogP contribution < -0.4 is 20.9 Å². The molecule has 31 heavy (non-hydrogen) atoms. The molecule has 0 aliphatic rings. The summed E-state index contributed by atoms with van der Waals surface area (Å²) in [5.74, 6) is 2.72. The van der Waals surface area contributed by atoms with Gasteiger partial charge in [0, 0.05) is 16.5 Å². The quantitative estimate of drug-likeness (QED) is 0.344. The van der Waals surface area contributed by atoms with Crippen molar-refractivity contribution >= 4 is 11.4 Å². The molecule has 0 atom stereocenters. The van der Waals surface area contributed by atoms with Gasteiger partial charge in [-0.25, -0.2) is 0 Å². The van der Waals surface area contributed by atoms with E-state index in [0.717, 1.165) is 22.6 Å². The fraction of sp³-hybridized carbons (Fsp3) is 0.111. The normalized spacial score (nSPS) is 11.2. The third-order valence-electron chi connectivity index (χ3n) is 5.36. The molecule has 0 unspecified atom stereocenters. The maximum atomic E-state index is 6.35. The van der Waals surface area contributed by atoms with Gasteiger partial charge in [0.05, 0.1) is 11.4 Å². The van der Waals surface area contributed by atoms with E-state index in [0.29, 0.717) is 22.9 Å². The summed E-state index contributed by atoms with van der Waals surface area (Å²) in [6, 6.07) is 30.9. The SMILES string of the molecule is CC(C)(c1cccc(N)c1Oc1ccccc1)c1cccc(N)c1Oc1ccccc1. The predicted octanol–water partition coefficient (Wildman–Crippen LogP) is 6.76. The molecule has 0 radical (unpaired) electrons. The predicted molar refractivity (Wildman–Crippen MR) is 127 cm³/mol. The van der Waals surface area contributed by atoms with Crippen molar-refractivity contribution in [1.29, 1.82) is 0 Å². The zero-order valence-electron chi connectivity index (χ0n) is 17.7. The summed E-state index contributed by atoms with van der Waals surface area (Å²) >= 11 is 0. The largest absolute Gasteiger partial charge is 0.455 e. The van der Waals surface area contributed by atoms with Crippen molar-refractivity contribution < 1.29 is 9.47 Å². The van der Waals surface area contributed by atoms with Crippen molar-refractivity contribution in [3.05, 3.63) is 108 Å². The average Bonchev–Trinajstić information content (AvgIpc) is 2.78. The van der Waals surface area contributed by atoms with Gasteiger partial charge in [0.2, 0.25) is 0 Å². The summed E-state index contributed by atoms with van der Waals surface area (Å²) in [5, 5.41) is 0. The van der Waals surface area contributed by atoms with Crippen LogP contribution in [0.3, 0.4) is 0 Å². The van der Waals surface area contributed by atoms with E-state index in [-0.39, 0.29) is 0 Å². The molecule has 0 aliphatic heterocycles. The lowest BCUT2D eigenvalue weighted by molar-refractivity contribution is 0.447. The molecule has 4 aromatic carbocycles. The molecular weight excluding hydrogens is 384 g/mol. The summed E-state index contributed by atoms with van der Waals surface area (Å²) in [4.78, 5) is 0. The third-order valence-corrected chi connectivity index (χ3v) is 5.36. The molecule has 0 spiro atoms. The van der Waals surface area contributed by atoms with Crippen LogP contribution in [0, 0.1) is 0 Å². The maximum Gasteiger partial charge on any atom is 0.154 e. The van der Waals surface area contributed by atoms with Gasteiger partial charge in [-0.2, -0.15) is 0 Å². The van der Waals surface area contributed by atoms with Crippen LogP contribution in [0.25, 0.3) is 0 Å². The second-order valence-electron chi connectivity index (χ2n) is 7.90. The molecule has 4 N–H and O–H groups in total. The van der Waals surface area contributed by atoms with E-state index < -0.39 is 5.41 Å². The van der Waals surface area contributed by atoms with Crippen molar-refractivity contribution in [3.8, 4) is 23.0 Å². The van der Waals surface area contributed by atoms with Crippen LogP contribution in [0.5, 0.6) is 23.0 Å². The van der Waals surface area contributed by atoms with E-state index in [1.165, 1.54) is 0 Å². The number of benzene rings is 4. The number of hydrogen-bond acceptors (Lipinski definition) is 4. The van der Waals surface area contributed by atoms with Gasteiger partial charge >= 0.3 is 0 Å². The number of nitrogens with two attached hydrogens (primary N) is 2. The van der Waals surface area contributed by atoms with Crippen LogP contribution in [-0.2, 0) is 5.41 Å². The molecule has 0 fully saturated rings. The number of ether oxygens (including phenoxy) is 2. The maximum absolute atomic E-state index is 6.35. The first kappa shape index (κ1) is 20.4. The van der Waals surface area contributed by atoms with Crippen LogP contribution in [0.1, 0.15) is 25.0 Å². The number of hydrogen-bond donors (Lipinski definition) is 2. The summed E-state index contributed by atoms with van der Waals surface area (Å²) in [5.41, 5.74) is 15.2. The molecule has 4 heteroatoms. The van der Waals surface area contributed by atoms with E-state index in [1.807, 2.05) is 97.1 Å². The third kappa shape index (κ3) is 4.19. The second-order valence-corrected chi connectivity index (χ2v) is 7.90. The van der Waals surface area contributed by atoms with Crippen molar-refractivity contribution in [3.63, 3.8) is 0 Å². The van der Waals surface area contributed by atoms with Gasteiger partial charge in [-0.15, -0.1) is 0 Å². The Labute approximate surface area is 183 Å². The lowest BCUT2D eigenvalue weighted by Gasteiger charge is -2.31. The molecule has 0 amide bonds. The van der Waals surface area contributed by atoms with Crippen LogP contribution in [0.4, 0.5) is 11.4 Å². The number of nitrogen functional groups attached to an aromatic ring is 2. The van der Waals surface area contributed by atoms with E-state index in [2.05, 4.69) is 13.8 Å². The molecule has 0 saturated heterocycles. The van der Waals surface area contributed by atoms with Gasteiger partial charge in [0.25, 0.3) is 0 Å². The van der Waals surface area contributed by atoms with Gasteiger partial charge < -0.3 is 20.9 Å². The Hall–Kier alpha value is -3.92. The smallest absolute Gasteiger partial charge is 0.154 e. The van der Waals surface area contributed by atoms with Gasteiger partial charge in [-0.3, -0.25) is 0 Å². The van der Waals surface area contributed by atoms with Gasteiger partial charge in [-0.05, 0) is 36.4 Å². The first-order valence-corrected chi connectivity index (χ1v) is 10.2. The Morgan fingerprint density at radius 3 is 1.29 bits per heavy atom. The first-order valence-electron chi connectivity index (χ1n) is 10.2. The molecule has 4 rings (SSSR count). The standard InChI is InChI=1S/C27H26N2O2/c1-27(2,21-15-9-17-23(28)25(21)30-19-11-5-3-6-12-19)22-16-10-18-24(29)26(22)31-20-13-7-4-8-14-20/h3-18H,28-29H2,1-2H3. The molecule has 4 nitrogen and oxygen atoms in total. The van der Waals surface area contributed by atoms with Gasteiger partial charge in [-0.1, -0.05) is 74.5 Å². The van der Waals surface area contributed by atoms with Crippen LogP contribution in [-0.4, -0.2) is 0 Å². The summed E-state index contributed by atoms with van der Waals surface area (Å²) in [6.07, 6.45) is 0. The Kier molecular flexibility index (Phi) is 5.54. The summed E-state index contributed by atoms with van der Waals surface area (Å²) < 4.78 is 12.5. The summed E-state index contributed by atoms with van der Waals surface area (Å²) in [7, 11) is 0. The van der Waals surface area contributed by atoms with Crippen molar-refractivity contribution in [2.75, 3.05) is 11.5 Å². The molecule has 156 valence electrons.